The van der Waals surface area contributed by atoms with Crippen LogP contribution in [0, 0.1) is 0 Å². The molecular formula is C13H17ClN2O3. The minimum Gasteiger partial charge on any atom is -0.490 e. The summed E-state index contributed by atoms with van der Waals surface area (Å²) in [5.41, 5.74) is 0.837. The third-order valence-corrected chi connectivity index (χ3v) is 3.30. The standard InChI is InChI=1S/C13H17ClN2O3/c1-15(4-6-17)13(18)9-16-5-7-19-12-3-2-10(14)8-11(12)16/h2-3,8,17H,4-7,9H2,1H3. The first-order chi connectivity index (χ1) is 9.11. The number of carbonyl (C=O) groups is 1. The fraction of sp³-hybridized carbons (Fsp3) is 0.462. The van der Waals surface area contributed by atoms with Crippen molar-refractivity contribution in [1.82, 2.24) is 4.90 Å². The molecule has 1 aliphatic rings. The van der Waals surface area contributed by atoms with Gasteiger partial charge in [0.15, 0.2) is 0 Å². The highest BCUT2D eigenvalue weighted by Gasteiger charge is 2.21. The zero-order chi connectivity index (χ0) is 13.8. The van der Waals surface area contributed by atoms with Crippen molar-refractivity contribution in [2.45, 2.75) is 0 Å². The molecule has 1 heterocycles. The van der Waals surface area contributed by atoms with Crippen molar-refractivity contribution in [3.05, 3.63) is 23.2 Å². The lowest BCUT2D eigenvalue weighted by atomic mass is 10.2. The molecule has 0 aliphatic carbocycles. The molecule has 0 atom stereocenters. The van der Waals surface area contributed by atoms with Gasteiger partial charge in [0.1, 0.15) is 12.4 Å². The third-order valence-electron chi connectivity index (χ3n) is 3.07. The minimum absolute atomic E-state index is 0.0340. The number of benzene rings is 1. The van der Waals surface area contributed by atoms with Crippen molar-refractivity contribution < 1.29 is 14.6 Å². The number of halogens is 1. The number of likely N-dealkylation sites (N-methyl/N-ethyl adjacent to an activating group) is 1. The molecule has 19 heavy (non-hydrogen) atoms. The quantitative estimate of drug-likeness (QED) is 0.896. The van der Waals surface area contributed by atoms with E-state index in [1.54, 1.807) is 19.2 Å². The number of hydrogen-bond donors (Lipinski definition) is 1. The molecule has 0 spiro atoms. The Morgan fingerprint density at radius 2 is 2.37 bits per heavy atom. The van der Waals surface area contributed by atoms with Gasteiger partial charge in [-0.3, -0.25) is 4.79 Å². The highest BCUT2D eigenvalue weighted by atomic mass is 35.5. The van der Waals surface area contributed by atoms with E-state index < -0.39 is 0 Å². The van der Waals surface area contributed by atoms with Crippen molar-refractivity contribution in [1.29, 1.82) is 0 Å². The SMILES string of the molecule is CN(CCO)C(=O)CN1CCOc2ccc(Cl)cc21. The topological polar surface area (TPSA) is 53.0 Å². The van der Waals surface area contributed by atoms with Crippen molar-refractivity contribution in [3.63, 3.8) is 0 Å². The fourth-order valence-corrected chi connectivity index (χ4v) is 2.14. The molecule has 1 aromatic rings. The van der Waals surface area contributed by atoms with Crippen molar-refractivity contribution in [3.8, 4) is 5.75 Å². The zero-order valence-electron chi connectivity index (χ0n) is 10.8. The summed E-state index contributed by atoms with van der Waals surface area (Å²) in [6, 6.07) is 5.38. The minimum atomic E-state index is -0.0399. The number of rotatable bonds is 4. The highest BCUT2D eigenvalue weighted by molar-refractivity contribution is 6.31. The Labute approximate surface area is 117 Å². The lowest BCUT2D eigenvalue weighted by Gasteiger charge is -2.32. The number of anilines is 1. The van der Waals surface area contributed by atoms with Crippen LogP contribution in [-0.2, 0) is 4.79 Å². The maximum absolute atomic E-state index is 12.0. The van der Waals surface area contributed by atoms with E-state index in [0.29, 0.717) is 24.7 Å². The van der Waals surface area contributed by atoms with Crippen LogP contribution in [0.2, 0.25) is 5.02 Å². The highest BCUT2D eigenvalue weighted by Crippen LogP contribution is 2.33. The van der Waals surface area contributed by atoms with Crippen LogP contribution in [0.5, 0.6) is 5.75 Å². The zero-order valence-corrected chi connectivity index (χ0v) is 11.6. The largest absolute Gasteiger partial charge is 0.490 e. The summed E-state index contributed by atoms with van der Waals surface area (Å²) in [5.74, 6) is 0.704. The second-order valence-electron chi connectivity index (χ2n) is 4.42. The molecule has 0 saturated carbocycles. The van der Waals surface area contributed by atoms with Crippen molar-refractivity contribution in [2.24, 2.45) is 0 Å². The molecule has 1 aliphatic heterocycles. The second kappa shape index (κ2) is 6.12. The summed E-state index contributed by atoms with van der Waals surface area (Å²) in [6.07, 6.45) is 0. The van der Waals surface area contributed by atoms with Gasteiger partial charge in [-0.15, -0.1) is 0 Å². The average molecular weight is 285 g/mol. The average Bonchev–Trinajstić information content (AvgIpc) is 2.39. The van der Waals surface area contributed by atoms with Crippen LogP contribution in [0.25, 0.3) is 0 Å². The number of hydrogen-bond acceptors (Lipinski definition) is 4. The molecule has 0 bridgehead atoms. The summed E-state index contributed by atoms with van der Waals surface area (Å²) in [5, 5.41) is 9.46. The molecule has 0 radical (unpaired) electrons. The van der Waals surface area contributed by atoms with E-state index in [9.17, 15) is 4.79 Å². The van der Waals surface area contributed by atoms with E-state index in [0.717, 1.165) is 11.4 Å². The molecule has 104 valence electrons. The first-order valence-electron chi connectivity index (χ1n) is 6.14. The van der Waals surface area contributed by atoms with Gasteiger partial charge >= 0.3 is 0 Å². The smallest absolute Gasteiger partial charge is 0.241 e. The number of amides is 1. The summed E-state index contributed by atoms with van der Waals surface area (Å²) < 4.78 is 5.53. The fourth-order valence-electron chi connectivity index (χ4n) is 1.97. The van der Waals surface area contributed by atoms with E-state index in [4.69, 9.17) is 21.4 Å². The number of nitrogens with zero attached hydrogens (tertiary/aromatic N) is 2. The van der Waals surface area contributed by atoms with E-state index in [-0.39, 0.29) is 19.1 Å². The van der Waals surface area contributed by atoms with Gasteiger partial charge in [-0.25, -0.2) is 0 Å². The van der Waals surface area contributed by atoms with Crippen LogP contribution in [0.4, 0.5) is 5.69 Å². The molecule has 5 nitrogen and oxygen atoms in total. The Kier molecular flexibility index (Phi) is 4.50. The van der Waals surface area contributed by atoms with Crippen LogP contribution in [0.1, 0.15) is 0 Å². The Balaban J connectivity index is 2.11. The first kappa shape index (κ1) is 14.0. The number of fused-ring (bicyclic) bond motifs is 1. The predicted molar refractivity (Wildman–Crippen MR) is 73.9 cm³/mol. The maximum atomic E-state index is 12.0. The summed E-state index contributed by atoms with van der Waals surface area (Å²) in [7, 11) is 1.68. The Bertz CT molecular complexity index is 467. The predicted octanol–water partition coefficient (Wildman–Crippen LogP) is 0.989. The van der Waals surface area contributed by atoms with Gasteiger partial charge < -0.3 is 19.6 Å². The molecule has 1 amide bonds. The van der Waals surface area contributed by atoms with Crippen LogP contribution < -0.4 is 9.64 Å². The van der Waals surface area contributed by atoms with Crippen molar-refractivity contribution in [2.75, 3.05) is 44.8 Å². The summed E-state index contributed by atoms with van der Waals surface area (Å²) >= 11 is 5.98. The van der Waals surface area contributed by atoms with Gasteiger partial charge in [0, 0.05) is 18.6 Å². The third kappa shape index (κ3) is 3.30. The molecule has 0 fully saturated rings. The van der Waals surface area contributed by atoms with Crippen LogP contribution in [0.15, 0.2) is 18.2 Å². The summed E-state index contributed by atoms with van der Waals surface area (Å²) in [4.78, 5) is 15.5. The monoisotopic (exact) mass is 284 g/mol. The van der Waals surface area contributed by atoms with Gasteiger partial charge in [-0.1, -0.05) is 11.6 Å². The Hall–Kier alpha value is -1.46. The van der Waals surface area contributed by atoms with E-state index in [1.807, 2.05) is 11.0 Å². The van der Waals surface area contributed by atoms with Gasteiger partial charge in [-0.05, 0) is 18.2 Å². The maximum Gasteiger partial charge on any atom is 0.241 e. The van der Waals surface area contributed by atoms with E-state index in [1.165, 1.54) is 4.90 Å². The van der Waals surface area contributed by atoms with Gasteiger partial charge in [0.05, 0.1) is 25.4 Å². The van der Waals surface area contributed by atoms with Gasteiger partial charge in [0.25, 0.3) is 0 Å². The van der Waals surface area contributed by atoms with Crippen molar-refractivity contribution >= 4 is 23.2 Å². The number of carbonyl (C=O) groups excluding carboxylic acids is 1. The number of aliphatic hydroxyl groups is 1. The Morgan fingerprint density at radius 1 is 1.58 bits per heavy atom. The van der Waals surface area contributed by atoms with E-state index in [2.05, 4.69) is 0 Å². The molecule has 0 aromatic heterocycles. The molecule has 0 saturated heterocycles. The van der Waals surface area contributed by atoms with E-state index >= 15 is 0 Å². The van der Waals surface area contributed by atoms with Crippen LogP contribution in [0.3, 0.4) is 0 Å². The summed E-state index contributed by atoms with van der Waals surface area (Å²) in [6.45, 7) is 1.75. The van der Waals surface area contributed by atoms with Crippen LogP contribution in [-0.4, -0.2) is 55.8 Å². The van der Waals surface area contributed by atoms with Gasteiger partial charge in [-0.2, -0.15) is 0 Å². The number of aliphatic hydroxyl groups excluding tert-OH is 1. The lowest BCUT2D eigenvalue weighted by Crippen LogP contribution is -2.42. The van der Waals surface area contributed by atoms with Crippen LogP contribution >= 0.6 is 11.6 Å². The Morgan fingerprint density at radius 3 is 3.11 bits per heavy atom. The van der Waals surface area contributed by atoms with Gasteiger partial charge in [0.2, 0.25) is 5.91 Å². The molecule has 6 heteroatoms. The molecule has 1 N–H and O–H groups in total. The second-order valence-corrected chi connectivity index (χ2v) is 4.86. The lowest BCUT2D eigenvalue weighted by molar-refractivity contribution is -0.128. The molecule has 0 unspecified atom stereocenters. The molecule has 2 rings (SSSR count). The molecular weight excluding hydrogens is 268 g/mol. The first-order valence-corrected chi connectivity index (χ1v) is 6.51. The normalized spacial score (nSPS) is 13.7. The molecule has 1 aromatic carbocycles. The number of ether oxygens (including phenoxy) is 1.